The van der Waals surface area contributed by atoms with Crippen molar-refractivity contribution in [2.24, 2.45) is 5.10 Å². The first-order chi connectivity index (χ1) is 15.0. The van der Waals surface area contributed by atoms with E-state index < -0.39 is 29.5 Å². The Labute approximate surface area is 180 Å². The minimum absolute atomic E-state index is 0.0274. The van der Waals surface area contributed by atoms with Gasteiger partial charge in [0.15, 0.2) is 0 Å². The number of aromatic carboxylic acids is 1. The van der Waals surface area contributed by atoms with Gasteiger partial charge in [0.05, 0.1) is 28.1 Å². The SMILES string of the molecule is CC1=NN(c2ccc(C(F)(F)F)cc2)C(=O)/C1=C(/C)NNC(=O)c1ccc(C(=O)O)cc1. The molecule has 0 saturated heterocycles. The molecular formula is C21H17F3N4O4. The number of allylic oxidation sites excluding steroid dienone is 1. The Kier molecular flexibility index (Phi) is 6.01. The van der Waals surface area contributed by atoms with Gasteiger partial charge in [0.25, 0.3) is 11.8 Å². The summed E-state index contributed by atoms with van der Waals surface area (Å²) >= 11 is 0. The molecule has 11 heteroatoms. The lowest BCUT2D eigenvalue weighted by atomic mass is 10.1. The summed E-state index contributed by atoms with van der Waals surface area (Å²) in [7, 11) is 0. The largest absolute Gasteiger partial charge is 0.478 e. The summed E-state index contributed by atoms with van der Waals surface area (Å²) < 4.78 is 38.2. The summed E-state index contributed by atoms with van der Waals surface area (Å²) in [5, 5.41) is 14.0. The van der Waals surface area contributed by atoms with E-state index in [0.29, 0.717) is 5.71 Å². The van der Waals surface area contributed by atoms with Crippen LogP contribution in [0.4, 0.5) is 18.9 Å². The molecule has 0 aromatic heterocycles. The Hall–Kier alpha value is -4.15. The number of hydrazine groups is 1. The molecule has 2 amide bonds. The molecule has 0 spiro atoms. The zero-order chi connectivity index (χ0) is 23.6. The zero-order valence-electron chi connectivity index (χ0n) is 16.8. The van der Waals surface area contributed by atoms with Gasteiger partial charge in [-0.15, -0.1) is 0 Å². The first kappa shape index (κ1) is 22.5. The number of hydrogen-bond acceptors (Lipinski definition) is 5. The molecular weight excluding hydrogens is 429 g/mol. The number of nitrogens with zero attached hydrogens (tertiary/aromatic N) is 2. The molecule has 0 unspecified atom stereocenters. The fraction of sp³-hybridized carbons (Fsp3) is 0.143. The predicted molar refractivity (Wildman–Crippen MR) is 109 cm³/mol. The lowest BCUT2D eigenvalue weighted by Crippen LogP contribution is -2.37. The highest BCUT2D eigenvalue weighted by atomic mass is 19.4. The molecule has 32 heavy (non-hydrogen) atoms. The summed E-state index contributed by atoms with van der Waals surface area (Å²) in [5.41, 5.74) is 5.25. The van der Waals surface area contributed by atoms with Gasteiger partial charge in [-0.05, 0) is 62.4 Å². The molecule has 0 atom stereocenters. The van der Waals surface area contributed by atoms with Crippen molar-refractivity contribution in [3.63, 3.8) is 0 Å². The molecule has 1 heterocycles. The number of alkyl halides is 3. The van der Waals surface area contributed by atoms with Crippen LogP contribution in [-0.4, -0.2) is 28.6 Å². The van der Waals surface area contributed by atoms with Crippen LogP contribution in [0, 0.1) is 0 Å². The van der Waals surface area contributed by atoms with Crippen LogP contribution in [0.3, 0.4) is 0 Å². The van der Waals surface area contributed by atoms with E-state index in [2.05, 4.69) is 16.0 Å². The standard InChI is InChI=1S/C21H17F3N4O4/c1-11(25-26-18(29)13-3-5-14(6-4-13)20(31)32)17-12(2)27-28(19(17)30)16-9-7-15(8-10-16)21(22,23)24/h3-10,25H,1-2H3,(H,26,29)(H,31,32)/b17-11-. The van der Waals surface area contributed by atoms with Crippen LogP contribution in [0.15, 0.2) is 64.9 Å². The van der Waals surface area contributed by atoms with Crippen LogP contribution in [0.1, 0.15) is 40.1 Å². The van der Waals surface area contributed by atoms with Gasteiger partial charge in [-0.2, -0.15) is 23.3 Å². The monoisotopic (exact) mass is 446 g/mol. The summed E-state index contributed by atoms with van der Waals surface area (Å²) in [6.07, 6.45) is -4.50. The van der Waals surface area contributed by atoms with Crippen molar-refractivity contribution in [1.29, 1.82) is 0 Å². The number of rotatable bonds is 5. The highest BCUT2D eigenvalue weighted by Gasteiger charge is 2.33. The smallest absolute Gasteiger partial charge is 0.416 e. The Bertz CT molecular complexity index is 1140. The maximum atomic E-state index is 12.8. The summed E-state index contributed by atoms with van der Waals surface area (Å²) in [4.78, 5) is 35.9. The first-order valence-corrected chi connectivity index (χ1v) is 9.17. The zero-order valence-corrected chi connectivity index (χ0v) is 16.8. The molecule has 0 saturated carbocycles. The van der Waals surface area contributed by atoms with Gasteiger partial charge in [-0.1, -0.05) is 0 Å². The third-order valence-electron chi connectivity index (χ3n) is 4.59. The number of carboxylic acid groups (broad SMARTS) is 1. The van der Waals surface area contributed by atoms with E-state index in [9.17, 15) is 27.6 Å². The molecule has 3 rings (SSSR count). The molecule has 0 bridgehead atoms. The quantitative estimate of drug-likeness (QED) is 0.482. The number of halogens is 3. The molecule has 0 aliphatic carbocycles. The van der Waals surface area contributed by atoms with Gasteiger partial charge >= 0.3 is 12.1 Å². The number of hydrazone groups is 1. The Balaban J connectivity index is 1.72. The lowest BCUT2D eigenvalue weighted by molar-refractivity contribution is -0.137. The fourth-order valence-electron chi connectivity index (χ4n) is 2.95. The van der Waals surface area contributed by atoms with Crippen LogP contribution in [0.2, 0.25) is 0 Å². The normalized spacial score (nSPS) is 15.3. The number of carboxylic acids is 1. The number of hydrogen-bond donors (Lipinski definition) is 3. The minimum Gasteiger partial charge on any atom is -0.478 e. The van der Waals surface area contributed by atoms with E-state index in [1.165, 1.54) is 31.2 Å². The van der Waals surface area contributed by atoms with Crippen LogP contribution in [0.5, 0.6) is 0 Å². The maximum absolute atomic E-state index is 12.8. The topological polar surface area (TPSA) is 111 Å². The number of benzene rings is 2. The third kappa shape index (κ3) is 4.61. The first-order valence-electron chi connectivity index (χ1n) is 9.17. The summed E-state index contributed by atoms with van der Waals surface area (Å²) in [6, 6.07) is 9.23. The third-order valence-corrected chi connectivity index (χ3v) is 4.59. The molecule has 166 valence electrons. The van der Waals surface area contributed by atoms with Crippen molar-refractivity contribution >= 4 is 29.2 Å². The number of anilines is 1. The van der Waals surface area contributed by atoms with Crippen LogP contribution in [-0.2, 0) is 11.0 Å². The van der Waals surface area contributed by atoms with Gasteiger partial charge in [0, 0.05) is 11.3 Å². The van der Waals surface area contributed by atoms with Gasteiger partial charge in [0.1, 0.15) is 0 Å². The van der Waals surface area contributed by atoms with Gasteiger partial charge in [-0.25, -0.2) is 4.79 Å². The van der Waals surface area contributed by atoms with E-state index in [4.69, 9.17) is 5.11 Å². The Morgan fingerprint density at radius 2 is 1.53 bits per heavy atom. The molecule has 0 fully saturated rings. The summed E-state index contributed by atoms with van der Waals surface area (Å²) in [5.74, 6) is -2.27. The Morgan fingerprint density at radius 1 is 0.969 bits per heavy atom. The molecule has 2 aromatic rings. The number of carbonyl (C=O) groups excluding carboxylic acids is 2. The summed E-state index contributed by atoms with van der Waals surface area (Å²) in [6.45, 7) is 3.07. The average Bonchev–Trinajstić information content (AvgIpc) is 3.05. The van der Waals surface area contributed by atoms with Crippen molar-refractivity contribution in [2.75, 3.05) is 5.01 Å². The molecule has 0 radical (unpaired) electrons. The number of nitrogens with one attached hydrogen (secondary N) is 2. The average molecular weight is 446 g/mol. The van der Waals surface area contributed by atoms with Crippen molar-refractivity contribution in [3.8, 4) is 0 Å². The van der Waals surface area contributed by atoms with E-state index >= 15 is 0 Å². The van der Waals surface area contributed by atoms with E-state index in [1.807, 2.05) is 0 Å². The second kappa shape index (κ2) is 8.53. The minimum atomic E-state index is -4.50. The second-order valence-electron chi connectivity index (χ2n) is 6.81. The molecule has 1 aliphatic heterocycles. The van der Waals surface area contributed by atoms with Crippen LogP contribution < -0.4 is 15.9 Å². The van der Waals surface area contributed by atoms with Crippen molar-refractivity contribution in [1.82, 2.24) is 10.9 Å². The highest BCUT2D eigenvalue weighted by Crippen LogP contribution is 2.32. The van der Waals surface area contributed by atoms with Gasteiger partial charge in [0.2, 0.25) is 0 Å². The van der Waals surface area contributed by atoms with Crippen LogP contribution in [0.25, 0.3) is 0 Å². The van der Waals surface area contributed by atoms with Crippen LogP contribution >= 0.6 is 0 Å². The van der Waals surface area contributed by atoms with Crippen molar-refractivity contribution < 1.29 is 32.7 Å². The number of carbonyl (C=O) groups is 3. The van der Waals surface area contributed by atoms with Gasteiger partial charge < -0.3 is 10.5 Å². The van der Waals surface area contributed by atoms with Gasteiger partial charge in [-0.3, -0.25) is 15.0 Å². The lowest BCUT2D eigenvalue weighted by Gasteiger charge is -2.14. The highest BCUT2D eigenvalue weighted by molar-refractivity contribution is 6.30. The fourth-order valence-corrected chi connectivity index (χ4v) is 2.95. The molecule has 1 aliphatic rings. The van der Waals surface area contributed by atoms with E-state index in [-0.39, 0.29) is 28.1 Å². The van der Waals surface area contributed by atoms with E-state index in [1.54, 1.807) is 6.92 Å². The van der Waals surface area contributed by atoms with Crippen molar-refractivity contribution in [2.45, 2.75) is 20.0 Å². The second-order valence-corrected chi connectivity index (χ2v) is 6.81. The van der Waals surface area contributed by atoms with E-state index in [0.717, 1.165) is 29.3 Å². The van der Waals surface area contributed by atoms with Crippen molar-refractivity contribution in [3.05, 3.63) is 76.5 Å². The molecule has 2 aromatic carbocycles. The maximum Gasteiger partial charge on any atom is 0.416 e. The Morgan fingerprint density at radius 3 is 2.06 bits per heavy atom. The number of amides is 2. The molecule has 8 nitrogen and oxygen atoms in total. The molecule has 3 N–H and O–H groups in total. The predicted octanol–water partition coefficient (Wildman–Crippen LogP) is 3.33.